The second-order valence-corrected chi connectivity index (χ2v) is 10.6. The molecule has 208 valence electrons. The number of aliphatic hydroxyl groups excluding tert-OH is 5. The topological polar surface area (TPSA) is 277 Å². The molecule has 0 saturated carbocycles. The average molecular weight is 584 g/mol. The molecule has 0 aromatic carbocycles. The van der Waals surface area contributed by atoms with Crippen molar-refractivity contribution in [3.8, 4) is 0 Å². The normalized spacial score (nSPS) is 29.7. The van der Waals surface area contributed by atoms with Gasteiger partial charge in [0, 0.05) is 18.0 Å². The second-order valence-electron chi connectivity index (χ2n) is 7.28. The Hall–Kier alpha value is -0.990. The van der Waals surface area contributed by atoms with E-state index < -0.39 is 89.8 Å². The van der Waals surface area contributed by atoms with Crippen LogP contribution in [0.4, 0.5) is 0 Å². The van der Waals surface area contributed by atoms with Gasteiger partial charge in [0.15, 0.2) is 6.29 Å². The molecule has 8 N–H and O–H groups in total. The van der Waals surface area contributed by atoms with E-state index in [0.717, 1.165) is 16.8 Å². The van der Waals surface area contributed by atoms with Crippen LogP contribution in [0.3, 0.4) is 0 Å². The molecule has 18 nitrogen and oxygen atoms in total. The van der Waals surface area contributed by atoms with Crippen LogP contribution >= 0.6 is 28.3 Å². The number of hydrogen-bond acceptors (Lipinski definition) is 15. The number of phosphoric ester groups is 2. The summed E-state index contributed by atoms with van der Waals surface area (Å²) in [4.78, 5) is 44.3. The first kappa shape index (κ1) is 31.2. The molecule has 1 aliphatic heterocycles. The Morgan fingerprint density at radius 2 is 1.81 bits per heavy atom. The van der Waals surface area contributed by atoms with Gasteiger partial charge in [-0.25, -0.2) is 13.9 Å². The molecule has 1 saturated heterocycles. The number of aromatic amines is 1. The molecule has 2 heterocycles. The van der Waals surface area contributed by atoms with E-state index in [0.29, 0.717) is 0 Å². The van der Waals surface area contributed by atoms with Crippen molar-refractivity contribution in [2.24, 2.45) is 0 Å². The monoisotopic (exact) mass is 584 g/mol. The van der Waals surface area contributed by atoms with Crippen molar-refractivity contribution in [2.45, 2.75) is 49.6 Å². The van der Waals surface area contributed by atoms with Gasteiger partial charge in [0.25, 0.3) is 5.56 Å². The molecule has 0 amide bonds. The number of nitrogens with one attached hydrogen (secondary N) is 1. The molecule has 9 atom stereocenters. The zero-order valence-corrected chi connectivity index (χ0v) is 20.8. The van der Waals surface area contributed by atoms with Gasteiger partial charge in [-0.3, -0.25) is 23.4 Å². The van der Waals surface area contributed by atoms with Gasteiger partial charge in [0.1, 0.15) is 37.3 Å². The van der Waals surface area contributed by atoms with Crippen LogP contribution < -0.4 is 11.2 Å². The Morgan fingerprint density at radius 3 is 2.39 bits per heavy atom. The summed E-state index contributed by atoms with van der Waals surface area (Å²) in [6.07, 6.45) is -11.2. The van der Waals surface area contributed by atoms with E-state index in [4.69, 9.17) is 14.6 Å². The van der Waals surface area contributed by atoms with Crippen LogP contribution in [0.2, 0.25) is 0 Å². The fourth-order valence-electron chi connectivity index (χ4n) is 2.74. The molecule has 6 unspecified atom stereocenters. The summed E-state index contributed by atoms with van der Waals surface area (Å²) in [5.74, 6) is -0.206. The van der Waals surface area contributed by atoms with Gasteiger partial charge in [-0.15, -0.1) is 0 Å². The summed E-state index contributed by atoms with van der Waals surface area (Å²) in [7, 11) is -11.0. The lowest BCUT2D eigenvalue weighted by Gasteiger charge is -2.39. The number of phosphoric acid groups is 2. The first-order valence-corrected chi connectivity index (χ1v) is 13.5. The number of H-pyrrole nitrogens is 1. The van der Waals surface area contributed by atoms with Gasteiger partial charge < -0.3 is 44.8 Å². The molecule has 2 rings (SSSR count). The molecule has 0 spiro atoms. The van der Waals surface area contributed by atoms with E-state index in [-0.39, 0.29) is 5.75 Å². The van der Waals surface area contributed by atoms with Crippen LogP contribution in [0.5, 0.6) is 0 Å². The summed E-state index contributed by atoms with van der Waals surface area (Å²) in [5, 5.41) is 48.4. The lowest BCUT2D eigenvalue weighted by atomic mass is 10.0. The van der Waals surface area contributed by atoms with Crippen molar-refractivity contribution in [1.29, 1.82) is 0 Å². The second kappa shape index (κ2) is 13.2. The van der Waals surface area contributed by atoms with Gasteiger partial charge in [-0.2, -0.15) is 16.9 Å². The highest BCUT2D eigenvalue weighted by molar-refractivity contribution is 7.80. The molecule has 1 fully saturated rings. The number of rotatable bonds is 13. The molecular weight excluding hydrogens is 558 g/mol. The van der Waals surface area contributed by atoms with E-state index in [1.165, 1.54) is 0 Å². The molecule has 1 aromatic heterocycles. The average Bonchev–Trinajstić information content (AvgIpc) is 2.79. The number of hydrogen-bond donors (Lipinski definition) is 9. The molecule has 0 bridgehead atoms. The fourth-order valence-corrected chi connectivity index (χ4v) is 5.20. The van der Waals surface area contributed by atoms with E-state index in [2.05, 4.69) is 26.0 Å². The zero-order valence-electron chi connectivity index (χ0n) is 18.1. The lowest BCUT2D eigenvalue weighted by molar-refractivity contribution is -0.270. The first-order chi connectivity index (χ1) is 16.7. The van der Waals surface area contributed by atoms with E-state index >= 15 is 0 Å². The minimum Gasteiger partial charge on any atom is -0.394 e. The number of nitrogens with zero attached hydrogens (tertiary/aromatic N) is 1. The third-order valence-corrected chi connectivity index (χ3v) is 7.59. The molecule has 1 aliphatic rings. The Bertz CT molecular complexity index is 1070. The predicted molar refractivity (Wildman–Crippen MR) is 118 cm³/mol. The Kier molecular flexibility index (Phi) is 11.4. The number of ether oxygens (including phenoxy) is 2. The molecule has 0 radical (unpaired) electrons. The minimum absolute atomic E-state index is 0.206. The Morgan fingerprint density at radius 1 is 1.14 bits per heavy atom. The van der Waals surface area contributed by atoms with Gasteiger partial charge in [0.2, 0.25) is 0 Å². The summed E-state index contributed by atoms with van der Waals surface area (Å²) < 4.78 is 48.5. The van der Waals surface area contributed by atoms with Crippen LogP contribution in [0.25, 0.3) is 0 Å². The maximum atomic E-state index is 12.2. The molecular formula is C15H26N2O16P2S. The SMILES string of the molecule is O=c1ccn(CO[C@H](COP(=O)(O)OP(=O)(O)O[C@H]2OC(CS)[C@@H](O)C(O)C2O)C(O)CO)c(=O)[nH]1. The van der Waals surface area contributed by atoms with Gasteiger partial charge in [-0.1, -0.05) is 0 Å². The third-order valence-electron chi connectivity index (χ3n) is 4.63. The largest absolute Gasteiger partial charge is 0.483 e. The first-order valence-electron chi connectivity index (χ1n) is 9.90. The molecule has 0 aliphatic carbocycles. The highest BCUT2D eigenvalue weighted by atomic mass is 32.1. The van der Waals surface area contributed by atoms with Crippen molar-refractivity contribution in [3.63, 3.8) is 0 Å². The van der Waals surface area contributed by atoms with Crippen molar-refractivity contribution >= 4 is 28.3 Å². The van der Waals surface area contributed by atoms with Crippen molar-refractivity contribution in [2.75, 3.05) is 19.0 Å². The van der Waals surface area contributed by atoms with Crippen LogP contribution in [-0.4, -0.2) is 107 Å². The smallest absolute Gasteiger partial charge is 0.394 e. The summed E-state index contributed by atoms with van der Waals surface area (Å²) >= 11 is 3.85. The van der Waals surface area contributed by atoms with Crippen LogP contribution in [-0.2, 0) is 38.7 Å². The highest BCUT2D eigenvalue weighted by Gasteiger charge is 2.48. The maximum Gasteiger partial charge on any atom is 0.483 e. The minimum atomic E-state index is -5.54. The predicted octanol–water partition coefficient (Wildman–Crippen LogP) is -3.78. The summed E-state index contributed by atoms with van der Waals surface area (Å²) in [6.45, 7) is -2.57. The number of aliphatic hydroxyl groups is 5. The summed E-state index contributed by atoms with van der Waals surface area (Å²) in [6, 6.07) is 0.985. The number of aromatic nitrogens is 2. The van der Waals surface area contributed by atoms with Gasteiger partial charge in [0.05, 0.1) is 19.3 Å². The van der Waals surface area contributed by atoms with Crippen LogP contribution in [0.15, 0.2) is 21.9 Å². The van der Waals surface area contributed by atoms with Gasteiger partial charge in [-0.05, 0) is 0 Å². The molecule has 21 heteroatoms. The Labute approximate surface area is 207 Å². The highest BCUT2D eigenvalue weighted by Crippen LogP contribution is 2.61. The molecule has 36 heavy (non-hydrogen) atoms. The van der Waals surface area contributed by atoms with Crippen molar-refractivity contribution < 1.29 is 67.3 Å². The maximum absolute atomic E-state index is 12.2. The zero-order chi connectivity index (χ0) is 27.3. The quantitative estimate of drug-likeness (QED) is 0.0794. The van der Waals surface area contributed by atoms with E-state index in [1.807, 2.05) is 4.98 Å². The lowest BCUT2D eigenvalue weighted by Crippen LogP contribution is -2.58. The third kappa shape index (κ3) is 8.80. The van der Waals surface area contributed by atoms with E-state index in [9.17, 15) is 48.9 Å². The van der Waals surface area contributed by atoms with Gasteiger partial charge >= 0.3 is 21.3 Å². The van der Waals surface area contributed by atoms with E-state index in [1.54, 1.807) is 0 Å². The van der Waals surface area contributed by atoms with Crippen LogP contribution in [0, 0.1) is 0 Å². The fraction of sp³-hybridized carbons (Fsp3) is 0.733. The van der Waals surface area contributed by atoms with Crippen molar-refractivity contribution in [1.82, 2.24) is 9.55 Å². The number of thiol groups is 1. The standard InChI is InChI=1S/C15H26N2O16P2S/c18-3-7(19)8(29-6-17-2-1-10(20)16-15(17)24)4-30-34(25,26)33-35(27,28)32-14-13(23)12(22)11(21)9(5-36)31-14/h1-2,7-9,11-14,18-19,21-23,36H,3-6H2,(H,25,26)(H,27,28)(H,16,20,24)/t7?,8-,9?,11-,12?,13?,14-/m1/s1. The Balaban J connectivity index is 2.01. The van der Waals surface area contributed by atoms with Crippen LogP contribution in [0.1, 0.15) is 0 Å². The molecule has 1 aromatic rings. The van der Waals surface area contributed by atoms with Crippen molar-refractivity contribution in [3.05, 3.63) is 33.1 Å². The summed E-state index contributed by atoms with van der Waals surface area (Å²) in [5.41, 5.74) is -1.58.